The molecule has 0 radical (unpaired) electrons. The standard InChI is InChI=1S/C20H24FN3O/c1-16-3-2-4-19(13-16)23-9-11-24(12-10-23)20(25)15-22-14-17-5-7-18(21)8-6-17/h2-8,13,22H,9-12,14-15H2,1H3. The second-order valence-corrected chi connectivity index (χ2v) is 6.44. The van der Waals surface area contributed by atoms with Gasteiger partial charge in [0.15, 0.2) is 0 Å². The number of rotatable bonds is 5. The maximum Gasteiger partial charge on any atom is 0.236 e. The minimum absolute atomic E-state index is 0.117. The molecule has 2 aromatic carbocycles. The van der Waals surface area contributed by atoms with Crippen LogP contribution in [0.1, 0.15) is 11.1 Å². The first kappa shape index (κ1) is 17.4. The largest absolute Gasteiger partial charge is 0.368 e. The molecule has 4 nitrogen and oxygen atoms in total. The summed E-state index contributed by atoms with van der Waals surface area (Å²) in [4.78, 5) is 16.6. The average Bonchev–Trinajstić information content (AvgIpc) is 2.63. The number of nitrogens with one attached hydrogen (secondary N) is 1. The predicted octanol–water partition coefficient (Wildman–Crippen LogP) is 2.57. The maximum atomic E-state index is 12.9. The Morgan fingerprint density at radius 1 is 1.08 bits per heavy atom. The first-order chi connectivity index (χ1) is 12.1. The fourth-order valence-corrected chi connectivity index (χ4v) is 3.07. The summed E-state index contributed by atoms with van der Waals surface area (Å²) in [5, 5.41) is 3.14. The van der Waals surface area contributed by atoms with Crippen molar-refractivity contribution in [1.82, 2.24) is 10.2 Å². The minimum atomic E-state index is -0.244. The number of amides is 1. The van der Waals surface area contributed by atoms with Crippen molar-refractivity contribution >= 4 is 11.6 Å². The van der Waals surface area contributed by atoms with E-state index in [9.17, 15) is 9.18 Å². The molecule has 25 heavy (non-hydrogen) atoms. The van der Waals surface area contributed by atoms with Crippen LogP contribution < -0.4 is 10.2 Å². The monoisotopic (exact) mass is 341 g/mol. The molecule has 1 fully saturated rings. The van der Waals surface area contributed by atoms with Gasteiger partial charge in [-0.3, -0.25) is 4.79 Å². The van der Waals surface area contributed by atoms with E-state index in [4.69, 9.17) is 0 Å². The summed E-state index contributed by atoms with van der Waals surface area (Å²) in [7, 11) is 0. The molecule has 1 amide bonds. The second-order valence-electron chi connectivity index (χ2n) is 6.44. The third-order valence-corrected chi connectivity index (χ3v) is 4.52. The van der Waals surface area contributed by atoms with Crippen molar-refractivity contribution in [2.24, 2.45) is 0 Å². The van der Waals surface area contributed by atoms with Gasteiger partial charge in [-0.1, -0.05) is 24.3 Å². The maximum absolute atomic E-state index is 12.9. The second kappa shape index (κ2) is 8.12. The Kier molecular flexibility index (Phi) is 5.66. The van der Waals surface area contributed by atoms with Crippen LogP contribution >= 0.6 is 0 Å². The molecule has 0 aromatic heterocycles. The topological polar surface area (TPSA) is 35.6 Å². The molecule has 1 aliphatic heterocycles. The van der Waals surface area contributed by atoms with Crippen LogP contribution in [0.4, 0.5) is 10.1 Å². The number of nitrogens with zero attached hydrogens (tertiary/aromatic N) is 2. The zero-order valence-corrected chi connectivity index (χ0v) is 14.5. The molecule has 0 aliphatic carbocycles. The number of hydrogen-bond acceptors (Lipinski definition) is 3. The molecule has 1 saturated heterocycles. The van der Waals surface area contributed by atoms with Gasteiger partial charge in [-0.25, -0.2) is 4.39 Å². The Bertz CT molecular complexity index is 709. The van der Waals surface area contributed by atoms with Gasteiger partial charge < -0.3 is 15.1 Å². The molecule has 1 aliphatic rings. The van der Waals surface area contributed by atoms with E-state index in [1.54, 1.807) is 12.1 Å². The molecule has 3 rings (SSSR count). The number of piperazine rings is 1. The third kappa shape index (κ3) is 4.79. The van der Waals surface area contributed by atoms with Gasteiger partial charge in [0.05, 0.1) is 6.54 Å². The highest BCUT2D eigenvalue weighted by Crippen LogP contribution is 2.17. The highest BCUT2D eigenvalue weighted by Gasteiger charge is 2.20. The van der Waals surface area contributed by atoms with Crippen molar-refractivity contribution in [3.05, 3.63) is 65.5 Å². The fourth-order valence-electron chi connectivity index (χ4n) is 3.07. The quantitative estimate of drug-likeness (QED) is 0.908. The molecule has 0 unspecified atom stereocenters. The summed E-state index contributed by atoms with van der Waals surface area (Å²) >= 11 is 0. The number of aryl methyl sites for hydroxylation is 1. The van der Waals surface area contributed by atoms with E-state index in [0.717, 1.165) is 31.7 Å². The number of hydrogen-bond donors (Lipinski definition) is 1. The molecule has 0 spiro atoms. The lowest BCUT2D eigenvalue weighted by Crippen LogP contribution is -2.50. The average molecular weight is 341 g/mol. The zero-order chi connectivity index (χ0) is 17.6. The fraction of sp³-hybridized carbons (Fsp3) is 0.350. The van der Waals surface area contributed by atoms with Crippen molar-refractivity contribution < 1.29 is 9.18 Å². The van der Waals surface area contributed by atoms with Crippen LogP contribution in [0.25, 0.3) is 0 Å². The van der Waals surface area contributed by atoms with Crippen LogP contribution in [0.5, 0.6) is 0 Å². The lowest BCUT2D eigenvalue weighted by Gasteiger charge is -2.36. The van der Waals surface area contributed by atoms with E-state index >= 15 is 0 Å². The number of carbonyl (C=O) groups excluding carboxylic acids is 1. The van der Waals surface area contributed by atoms with Crippen LogP contribution in [-0.2, 0) is 11.3 Å². The van der Waals surface area contributed by atoms with E-state index in [0.29, 0.717) is 13.1 Å². The molecule has 0 atom stereocenters. The van der Waals surface area contributed by atoms with Crippen molar-refractivity contribution in [1.29, 1.82) is 0 Å². The Morgan fingerprint density at radius 3 is 2.48 bits per heavy atom. The Labute approximate surface area is 148 Å². The molecule has 5 heteroatoms. The molecular formula is C20H24FN3O. The van der Waals surface area contributed by atoms with Crippen LogP contribution in [0.2, 0.25) is 0 Å². The number of halogens is 1. The zero-order valence-electron chi connectivity index (χ0n) is 14.5. The third-order valence-electron chi connectivity index (χ3n) is 4.52. The molecular weight excluding hydrogens is 317 g/mol. The molecule has 0 saturated carbocycles. The summed E-state index contributed by atoms with van der Waals surface area (Å²) < 4.78 is 12.9. The Balaban J connectivity index is 1.43. The first-order valence-corrected chi connectivity index (χ1v) is 8.66. The SMILES string of the molecule is Cc1cccc(N2CCN(C(=O)CNCc3ccc(F)cc3)CC2)c1. The van der Waals surface area contributed by atoms with Crippen LogP contribution in [-0.4, -0.2) is 43.5 Å². The van der Waals surface area contributed by atoms with Crippen molar-refractivity contribution in [3.8, 4) is 0 Å². The van der Waals surface area contributed by atoms with Crippen LogP contribution in [0.15, 0.2) is 48.5 Å². The lowest BCUT2D eigenvalue weighted by molar-refractivity contribution is -0.130. The van der Waals surface area contributed by atoms with E-state index in [1.165, 1.54) is 23.4 Å². The van der Waals surface area contributed by atoms with Gasteiger partial charge in [-0.2, -0.15) is 0 Å². The van der Waals surface area contributed by atoms with Crippen LogP contribution in [0.3, 0.4) is 0 Å². The summed E-state index contributed by atoms with van der Waals surface area (Å²) in [5.74, 6) is -0.127. The van der Waals surface area contributed by atoms with Gasteiger partial charge >= 0.3 is 0 Å². The van der Waals surface area contributed by atoms with E-state index in [-0.39, 0.29) is 11.7 Å². The van der Waals surface area contributed by atoms with Gasteiger partial charge in [-0.15, -0.1) is 0 Å². The molecule has 2 aromatic rings. The van der Waals surface area contributed by atoms with Gasteiger partial charge in [0.2, 0.25) is 5.91 Å². The van der Waals surface area contributed by atoms with E-state index in [1.807, 2.05) is 4.90 Å². The summed E-state index contributed by atoms with van der Waals surface area (Å²) in [6.45, 7) is 6.16. The molecule has 1 heterocycles. The summed E-state index contributed by atoms with van der Waals surface area (Å²) in [5.41, 5.74) is 3.45. The van der Waals surface area contributed by atoms with Crippen molar-refractivity contribution in [3.63, 3.8) is 0 Å². The smallest absolute Gasteiger partial charge is 0.236 e. The number of carbonyl (C=O) groups is 1. The lowest BCUT2D eigenvalue weighted by atomic mass is 10.2. The predicted molar refractivity (Wildman–Crippen MR) is 98.1 cm³/mol. The Morgan fingerprint density at radius 2 is 1.80 bits per heavy atom. The Hall–Kier alpha value is -2.40. The summed E-state index contributed by atoms with van der Waals surface area (Å²) in [6, 6.07) is 14.8. The highest BCUT2D eigenvalue weighted by atomic mass is 19.1. The van der Waals surface area contributed by atoms with Crippen molar-refractivity contribution in [2.45, 2.75) is 13.5 Å². The number of anilines is 1. The van der Waals surface area contributed by atoms with Gasteiger partial charge in [0.1, 0.15) is 5.82 Å². The van der Waals surface area contributed by atoms with Gasteiger partial charge in [-0.05, 0) is 42.3 Å². The highest BCUT2D eigenvalue weighted by molar-refractivity contribution is 5.78. The molecule has 132 valence electrons. The minimum Gasteiger partial charge on any atom is -0.368 e. The first-order valence-electron chi connectivity index (χ1n) is 8.66. The van der Waals surface area contributed by atoms with Crippen molar-refractivity contribution in [2.75, 3.05) is 37.6 Å². The van der Waals surface area contributed by atoms with Gasteiger partial charge in [0, 0.05) is 38.4 Å². The molecule has 0 bridgehead atoms. The number of benzene rings is 2. The normalized spacial score (nSPS) is 14.6. The molecule has 1 N–H and O–H groups in total. The van der Waals surface area contributed by atoms with Crippen LogP contribution in [0, 0.1) is 12.7 Å². The van der Waals surface area contributed by atoms with Gasteiger partial charge in [0.25, 0.3) is 0 Å². The van der Waals surface area contributed by atoms with E-state index in [2.05, 4.69) is 41.4 Å². The van der Waals surface area contributed by atoms with E-state index < -0.39 is 0 Å². The summed E-state index contributed by atoms with van der Waals surface area (Å²) in [6.07, 6.45) is 0.